The van der Waals surface area contributed by atoms with Crippen molar-refractivity contribution in [3.05, 3.63) is 71.3 Å². The first-order valence-electron chi connectivity index (χ1n) is 5.91. The van der Waals surface area contributed by atoms with E-state index in [1.807, 2.05) is 6.07 Å². The van der Waals surface area contributed by atoms with Crippen LogP contribution in [-0.2, 0) is 6.42 Å². The minimum atomic E-state index is -0.278. The molecule has 0 saturated carbocycles. The van der Waals surface area contributed by atoms with Crippen LogP contribution in [0.1, 0.15) is 23.6 Å². The van der Waals surface area contributed by atoms with Crippen molar-refractivity contribution in [3.8, 4) is 0 Å². The van der Waals surface area contributed by atoms with Crippen molar-refractivity contribution in [1.82, 2.24) is 0 Å². The predicted octanol–water partition coefficient (Wildman–Crippen LogP) is 3.60. The van der Waals surface area contributed by atoms with E-state index in [4.69, 9.17) is 5.73 Å². The van der Waals surface area contributed by atoms with Gasteiger partial charge in [-0.2, -0.15) is 0 Å². The van der Waals surface area contributed by atoms with Crippen LogP contribution in [0.3, 0.4) is 0 Å². The van der Waals surface area contributed by atoms with Crippen molar-refractivity contribution >= 4 is 0 Å². The van der Waals surface area contributed by atoms with Gasteiger partial charge in [-0.1, -0.05) is 30.3 Å². The van der Waals surface area contributed by atoms with Gasteiger partial charge < -0.3 is 5.73 Å². The van der Waals surface area contributed by atoms with E-state index in [1.54, 1.807) is 24.3 Å². The largest absolute Gasteiger partial charge is 0.324 e. The summed E-state index contributed by atoms with van der Waals surface area (Å²) in [6, 6.07) is 12.6. The predicted molar refractivity (Wildman–Crippen MR) is 68.0 cm³/mol. The first-order valence-corrected chi connectivity index (χ1v) is 5.91. The van der Waals surface area contributed by atoms with Gasteiger partial charge in [-0.05, 0) is 42.2 Å². The van der Waals surface area contributed by atoms with Gasteiger partial charge in [0, 0.05) is 6.04 Å². The highest BCUT2D eigenvalue weighted by Gasteiger charge is 2.08. The molecule has 0 bridgehead atoms. The van der Waals surface area contributed by atoms with Crippen molar-refractivity contribution in [2.24, 2.45) is 5.73 Å². The molecule has 0 aromatic heterocycles. The molecule has 0 radical (unpaired) electrons. The number of nitrogens with two attached hydrogens (primary N) is 1. The molecule has 0 amide bonds. The summed E-state index contributed by atoms with van der Waals surface area (Å²) in [6.07, 6.45) is 1.21. The topological polar surface area (TPSA) is 26.0 Å². The lowest BCUT2D eigenvalue weighted by molar-refractivity contribution is 0.585. The Morgan fingerprint density at radius 1 is 0.944 bits per heavy atom. The zero-order valence-electron chi connectivity index (χ0n) is 9.94. The third-order valence-corrected chi connectivity index (χ3v) is 2.98. The van der Waals surface area contributed by atoms with Crippen LogP contribution in [0.2, 0.25) is 0 Å². The van der Waals surface area contributed by atoms with Crippen molar-refractivity contribution in [2.75, 3.05) is 0 Å². The van der Waals surface area contributed by atoms with Gasteiger partial charge in [-0.25, -0.2) is 8.78 Å². The van der Waals surface area contributed by atoms with Crippen LogP contribution in [0.5, 0.6) is 0 Å². The third-order valence-electron chi connectivity index (χ3n) is 2.98. The van der Waals surface area contributed by atoms with Gasteiger partial charge >= 0.3 is 0 Å². The summed E-state index contributed by atoms with van der Waals surface area (Å²) < 4.78 is 26.2. The number of hydrogen-bond acceptors (Lipinski definition) is 1. The normalized spacial score (nSPS) is 12.4. The van der Waals surface area contributed by atoms with Crippen LogP contribution in [-0.4, -0.2) is 0 Å². The lowest BCUT2D eigenvalue weighted by Gasteiger charge is -2.12. The average molecular weight is 247 g/mol. The van der Waals surface area contributed by atoms with E-state index in [2.05, 4.69) is 0 Å². The second-order valence-corrected chi connectivity index (χ2v) is 4.29. The molecule has 1 nitrogen and oxygen atoms in total. The van der Waals surface area contributed by atoms with Gasteiger partial charge in [0.15, 0.2) is 0 Å². The Kier molecular flexibility index (Phi) is 4.05. The quantitative estimate of drug-likeness (QED) is 0.877. The van der Waals surface area contributed by atoms with E-state index >= 15 is 0 Å². The lowest BCUT2D eigenvalue weighted by Crippen LogP contribution is -2.11. The number of rotatable bonds is 4. The van der Waals surface area contributed by atoms with Gasteiger partial charge in [0.1, 0.15) is 11.6 Å². The summed E-state index contributed by atoms with van der Waals surface area (Å²) in [7, 11) is 0. The maximum absolute atomic E-state index is 13.4. The molecule has 0 aliphatic heterocycles. The van der Waals surface area contributed by atoms with Gasteiger partial charge in [-0.15, -0.1) is 0 Å². The van der Waals surface area contributed by atoms with Crippen molar-refractivity contribution in [2.45, 2.75) is 18.9 Å². The van der Waals surface area contributed by atoms with Gasteiger partial charge in [0.2, 0.25) is 0 Å². The number of aryl methyl sites for hydroxylation is 1. The van der Waals surface area contributed by atoms with Gasteiger partial charge in [0.25, 0.3) is 0 Å². The number of hydrogen-bond donors (Lipinski definition) is 1. The Hall–Kier alpha value is -1.74. The van der Waals surface area contributed by atoms with E-state index in [9.17, 15) is 8.78 Å². The second kappa shape index (κ2) is 5.74. The molecule has 0 aliphatic carbocycles. The molecule has 0 heterocycles. The lowest BCUT2D eigenvalue weighted by atomic mass is 9.99. The van der Waals surface area contributed by atoms with Crippen LogP contribution in [0.15, 0.2) is 48.5 Å². The standard InChI is InChI=1S/C15H15F2N/c16-13-8-5-12(6-9-13)15(18)10-7-11-3-1-2-4-14(11)17/h1-6,8-9,15H,7,10,18H2. The molecule has 2 N–H and O–H groups in total. The number of halogens is 2. The Morgan fingerprint density at radius 3 is 2.28 bits per heavy atom. The van der Waals surface area contributed by atoms with E-state index < -0.39 is 0 Å². The molecule has 0 aliphatic rings. The minimum absolute atomic E-state index is 0.204. The SMILES string of the molecule is NC(CCc1ccccc1F)c1ccc(F)cc1. The third kappa shape index (κ3) is 3.14. The number of benzene rings is 2. The van der Waals surface area contributed by atoms with E-state index in [0.29, 0.717) is 18.4 Å². The summed E-state index contributed by atoms with van der Waals surface area (Å²) >= 11 is 0. The van der Waals surface area contributed by atoms with Gasteiger partial charge in [0.05, 0.1) is 0 Å². The maximum atomic E-state index is 13.4. The second-order valence-electron chi connectivity index (χ2n) is 4.29. The van der Waals surface area contributed by atoms with Crippen molar-refractivity contribution in [3.63, 3.8) is 0 Å². The fourth-order valence-electron chi connectivity index (χ4n) is 1.89. The van der Waals surface area contributed by atoms with E-state index in [0.717, 1.165) is 5.56 Å². The van der Waals surface area contributed by atoms with Crippen LogP contribution < -0.4 is 5.73 Å². The monoisotopic (exact) mass is 247 g/mol. The highest BCUT2D eigenvalue weighted by molar-refractivity contribution is 5.21. The van der Waals surface area contributed by atoms with Crippen molar-refractivity contribution in [1.29, 1.82) is 0 Å². The molecule has 0 saturated heterocycles. The summed E-state index contributed by atoms with van der Waals surface area (Å²) in [5, 5.41) is 0. The van der Waals surface area contributed by atoms with Crippen molar-refractivity contribution < 1.29 is 8.78 Å². The smallest absolute Gasteiger partial charge is 0.126 e. The zero-order valence-corrected chi connectivity index (χ0v) is 9.94. The highest BCUT2D eigenvalue weighted by atomic mass is 19.1. The molecule has 0 spiro atoms. The summed E-state index contributed by atoms with van der Waals surface area (Å²) in [5.41, 5.74) is 7.53. The molecule has 94 valence electrons. The Bertz CT molecular complexity index is 508. The average Bonchev–Trinajstić information content (AvgIpc) is 2.38. The Labute approximate surface area is 105 Å². The summed E-state index contributed by atoms with van der Waals surface area (Å²) in [5.74, 6) is -0.483. The molecule has 2 aromatic carbocycles. The molecule has 2 rings (SSSR count). The maximum Gasteiger partial charge on any atom is 0.126 e. The molecule has 1 atom stereocenters. The highest BCUT2D eigenvalue weighted by Crippen LogP contribution is 2.18. The minimum Gasteiger partial charge on any atom is -0.324 e. The fraction of sp³-hybridized carbons (Fsp3) is 0.200. The first kappa shape index (κ1) is 12.7. The Morgan fingerprint density at radius 2 is 1.61 bits per heavy atom. The van der Waals surface area contributed by atoms with E-state index in [-0.39, 0.29) is 17.7 Å². The summed E-state index contributed by atoms with van der Waals surface area (Å²) in [6.45, 7) is 0. The molecule has 18 heavy (non-hydrogen) atoms. The molecular weight excluding hydrogens is 232 g/mol. The Balaban J connectivity index is 1.98. The zero-order chi connectivity index (χ0) is 13.0. The van der Waals surface area contributed by atoms with E-state index in [1.165, 1.54) is 18.2 Å². The van der Waals surface area contributed by atoms with Crippen LogP contribution in [0, 0.1) is 11.6 Å². The molecular formula is C15H15F2N. The molecule has 3 heteroatoms. The molecule has 2 aromatic rings. The van der Waals surface area contributed by atoms with Crippen LogP contribution in [0.4, 0.5) is 8.78 Å². The van der Waals surface area contributed by atoms with Gasteiger partial charge in [-0.3, -0.25) is 0 Å². The molecule has 0 fully saturated rings. The van der Waals surface area contributed by atoms with Crippen LogP contribution in [0.25, 0.3) is 0 Å². The molecule has 1 unspecified atom stereocenters. The summed E-state index contributed by atoms with van der Waals surface area (Å²) in [4.78, 5) is 0. The first-order chi connectivity index (χ1) is 8.66. The van der Waals surface area contributed by atoms with Crippen LogP contribution >= 0.6 is 0 Å². The fourth-order valence-corrected chi connectivity index (χ4v) is 1.89.